The van der Waals surface area contributed by atoms with Crippen molar-refractivity contribution in [2.75, 3.05) is 0 Å². The molecule has 0 heterocycles. The van der Waals surface area contributed by atoms with E-state index in [1.165, 1.54) is 27.5 Å². The van der Waals surface area contributed by atoms with Crippen LogP contribution in [0, 0.1) is 25.2 Å². The Morgan fingerprint density at radius 1 is 0.955 bits per heavy atom. The first kappa shape index (κ1) is 14.4. The maximum atomic E-state index is 9.68. The molecule has 0 saturated heterocycles. The standard InChI is InChI=1S/C21H19N/c1-15-10-11-16(2)21(12-15)19(14-22)13-18-8-5-7-17-6-3-4-9-20(17)18/h3-12,19H,13H2,1-2H3. The molecule has 3 aromatic carbocycles. The lowest BCUT2D eigenvalue weighted by Gasteiger charge is -2.15. The van der Waals surface area contributed by atoms with Crippen molar-refractivity contribution in [1.29, 1.82) is 5.26 Å². The number of rotatable bonds is 3. The van der Waals surface area contributed by atoms with E-state index in [2.05, 4.69) is 80.6 Å². The number of aryl methyl sites for hydroxylation is 2. The van der Waals surface area contributed by atoms with Gasteiger partial charge in [0, 0.05) is 0 Å². The van der Waals surface area contributed by atoms with E-state index in [9.17, 15) is 5.26 Å². The molecule has 22 heavy (non-hydrogen) atoms. The van der Waals surface area contributed by atoms with E-state index in [-0.39, 0.29) is 5.92 Å². The summed E-state index contributed by atoms with van der Waals surface area (Å²) in [5.74, 6) is -0.106. The van der Waals surface area contributed by atoms with Crippen molar-refractivity contribution >= 4 is 10.8 Å². The quantitative estimate of drug-likeness (QED) is 0.640. The van der Waals surface area contributed by atoms with Crippen LogP contribution in [0.1, 0.15) is 28.2 Å². The zero-order valence-corrected chi connectivity index (χ0v) is 13.0. The van der Waals surface area contributed by atoms with Crippen molar-refractivity contribution in [2.24, 2.45) is 0 Å². The molecule has 0 aliphatic heterocycles. The smallest absolute Gasteiger partial charge is 0.0755 e. The van der Waals surface area contributed by atoms with E-state index in [1.54, 1.807) is 0 Å². The first-order chi connectivity index (χ1) is 10.7. The predicted octanol–water partition coefficient (Wildman–Crippen LogP) is 5.31. The third-order valence-electron chi connectivity index (χ3n) is 4.27. The van der Waals surface area contributed by atoms with E-state index < -0.39 is 0 Å². The van der Waals surface area contributed by atoms with Crippen LogP contribution >= 0.6 is 0 Å². The van der Waals surface area contributed by atoms with Crippen LogP contribution in [0.25, 0.3) is 10.8 Å². The second kappa shape index (κ2) is 6.03. The molecule has 0 amide bonds. The minimum absolute atomic E-state index is 0.106. The van der Waals surface area contributed by atoms with Crippen molar-refractivity contribution in [2.45, 2.75) is 26.2 Å². The number of hydrogen-bond donors (Lipinski definition) is 0. The molecule has 1 nitrogen and oxygen atoms in total. The molecule has 0 aliphatic carbocycles. The molecule has 0 aliphatic rings. The summed E-state index contributed by atoms with van der Waals surface area (Å²) in [4.78, 5) is 0. The van der Waals surface area contributed by atoms with Gasteiger partial charge >= 0.3 is 0 Å². The van der Waals surface area contributed by atoms with Crippen LogP contribution < -0.4 is 0 Å². The average Bonchev–Trinajstić information content (AvgIpc) is 2.55. The maximum Gasteiger partial charge on any atom is 0.0755 e. The Balaban J connectivity index is 2.02. The van der Waals surface area contributed by atoms with Crippen LogP contribution in [0.5, 0.6) is 0 Å². The normalized spacial score (nSPS) is 12.0. The minimum Gasteiger partial charge on any atom is -0.198 e. The van der Waals surface area contributed by atoms with Crippen LogP contribution in [0.15, 0.2) is 60.7 Å². The van der Waals surface area contributed by atoms with E-state index in [1.807, 2.05) is 0 Å². The largest absolute Gasteiger partial charge is 0.198 e. The highest BCUT2D eigenvalue weighted by molar-refractivity contribution is 5.85. The molecule has 3 aromatic rings. The van der Waals surface area contributed by atoms with Crippen LogP contribution in [0.2, 0.25) is 0 Å². The number of nitriles is 1. The van der Waals surface area contributed by atoms with Gasteiger partial charge in [0.1, 0.15) is 0 Å². The van der Waals surface area contributed by atoms with Gasteiger partial charge in [0.25, 0.3) is 0 Å². The lowest BCUT2D eigenvalue weighted by Crippen LogP contribution is -2.03. The second-order valence-electron chi connectivity index (χ2n) is 5.88. The summed E-state index contributed by atoms with van der Waals surface area (Å²) in [6.45, 7) is 4.16. The first-order valence-electron chi connectivity index (χ1n) is 7.62. The minimum atomic E-state index is -0.106. The summed E-state index contributed by atoms with van der Waals surface area (Å²) in [6.07, 6.45) is 0.752. The SMILES string of the molecule is Cc1ccc(C)c(C(C#N)Cc2cccc3ccccc23)c1. The fourth-order valence-corrected chi connectivity index (χ4v) is 3.05. The van der Waals surface area contributed by atoms with Gasteiger partial charge in [0.15, 0.2) is 0 Å². The van der Waals surface area contributed by atoms with Crippen LogP contribution in [0.3, 0.4) is 0 Å². The molecule has 1 heteroatoms. The third-order valence-corrected chi connectivity index (χ3v) is 4.27. The Bertz CT molecular complexity index is 850. The van der Waals surface area contributed by atoms with Crippen molar-refractivity contribution in [3.05, 3.63) is 82.9 Å². The molecule has 1 unspecified atom stereocenters. The van der Waals surface area contributed by atoms with Crippen molar-refractivity contribution in [3.8, 4) is 6.07 Å². The lowest BCUT2D eigenvalue weighted by atomic mass is 9.88. The summed E-state index contributed by atoms with van der Waals surface area (Å²) < 4.78 is 0. The average molecular weight is 285 g/mol. The third kappa shape index (κ3) is 2.73. The Morgan fingerprint density at radius 2 is 1.73 bits per heavy atom. The predicted molar refractivity (Wildman–Crippen MR) is 91.9 cm³/mol. The number of hydrogen-bond acceptors (Lipinski definition) is 1. The fraction of sp³-hybridized carbons (Fsp3) is 0.190. The highest BCUT2D eigenvalue weighted by Crippen LogP contribution is 2.28. The molecule has 3 rings (SSSR count). The van der Waals surface area contributed by atoms with Crippen molar-refractivity contribution in [3.63, 3.8) is 0 Å². The van der Waals surface area contributed by atoms with Gasteiger partial charge in [0.05, 0.1) is 12.0 Å². The molecule has 108 valence electrons. The Morgan fingerprint density at radius 3 is 2.55 bits per heavy atom. The second-order valence-corrected chi connectivity index (χ2v) is 5.88. The first-order valence-corrected chi connectivity index (χ1v) is 7.62. The number of nitrogens with zero attached hydrogens (tertiary/aromatic N) is 1. The van der Waals surface area contributed by atoms with Crippen LogP contribution in [-0.2, 0) is 6.42 Å². The summed E-state index contributed by atoms with van der Waals surface area (Å²) >= 11 is 0. The summed E-state index contributed by atoms with van der Waals surface area (Å²) in [5, 5.41) is 12.2. The molecule has 0 spiro atoms. The summed E-state index contributed by atoms with van der Waals surface area (Å²) in [7, 11) is 0. The molecule has 0 saturated carbocycles. The fourth-order valence-electron chi connectivity index (χ4n) is 3.05. The Hall–Kier alpha value is -2.59. The van der Waals surface area contributed by atoms with E-state index >= 15 is 0 Å². The summed E-state index contributed by atoms with van der Waals surface area (Å²) in [6, 6.07) is 23.6. The van der Waals surface area contributed by atoms with Gasteiger partial charge in [-0.25, -0.2) is 0 Å². The lowest BCUT2D eigenvalue weighted by molar-refractivity contribution is 0.845. The van der Waals surface area contributed by atoms with Gasteiger partial charge in [-0.1, -0.05) is 66.2 Å². The van der Waals surface area contributed by atoms with Gasteiger partial charge in [-0.15, -0.1) is 0 Å². The van der Waals surface area contributed by atoms with Gasteiger partial charge in [-0.05, 0) is 47.7 Å². The Labute approximate surface area is 131 Å². The van der Waals surface area contributed by atoms with E-state index in [0.29, 0.717) is 0 Å². The van der Waals surface area contributed by atoms with Crippen molar-refractivity contribution < 1.29 is 0 Å². The zero-order valence-electron chi connectivity index (χ0n) is 13.0. The molecule has 0 N–H and O–H groups in total. The highest BCUT2D eigenvalue weighted by atomic mass is 14.3. The van der Waals surface area contributed by atoms with Gasteiger partial charge in [-0.2, -0.15) is 5.26 Å². The molecule has 0 aromatic heterocycles. The van der Waals surface area contributed by atoms with E-state index in [0.717, 1.165) is 12.0 Å². The zero-order chi connectivity index (χ0) is 15.5. The van der Waals surface area contributed by atoms with Gasteiger partial charge < -0.3 is 0 Å². The molecule has 1 atom stereocenters. The van der Waals surface area contributed by atoms with Crippen LogP contribution in [-0.4, -0.2) is 0 Å². The molecule has 0 fully saturated rings. The highest BCUT2D eigenvalue weighted by Gasteiger charge is 2.15. The van der Waals surface area contributed by atoms with Crippen LogP contribution in [0.4, 0.5) is 0 Å². The number of fused-ring (bicyclic) bond motifs is 1. The molecule has 0 bridgehead atoms. The van der Waals surface area contributed by atoms with Gasteiger partial charge in [-0.3, -0.25) is 0 Å². The monoisotopic (exact) mass is 285 g/mol. The topological polar surface area (TPSA) is 23.8 Å². The number of benzene rings is 3. The molecular weight excluding hydrogens is 266 g/mol. The van der Waals surface area contributed by atoms with E-state index in [4.69, 9.17) is 0 Å². The van der Waals surface area contributed by atoms with Gasteiger partial charge in [0.2, 0.25) is 0 Å². The molecular formula is C21H19N. The Kier molecular flexibility index (Phi) is 3.94. The molecule has 0 radical (unpaired) electrons. The van der Waals surface area contributed by atoms with Crippen molar-refractivity contribution in [1.82, 2.24) is 0 Å². The summed E-state index contributed by atoms with van der Waals surface area (Å²) in [5.41, 5.74) is 4.79. The maximum absolute atomic E-state index is 9.68.